The lowest BCUT2D eigenvalue weighted by Gasteiger charge is -2.05. The Kier molecular flexibility index (Phi) is 38.0. The molecule has 0 heterocycles. The second-order valence-corrected chi connectivity index (χ2v) is 15.0. The predicted molar refractivity (Wildman–Crippen MR) is 186 cm³/mol. The SMILES string of the molecule is CCCCCCCCCCCCCCCCCCOP(=O)(O)O.CCCCCCCCCCCCCCCCOP(=O)(O)O. The van der Waals surface area contributed by atoms with E-state index in [0.717, 1.165) is 38.5 Å². The van der Waals surface area contributed by atoms with Gasteiger partial charge in [-0.25, -0.2) is 9.13 Å². The van der Waals surface area contributed by atoms with Gasteiger partial charge in [0.2, 0.25) is 0 Å². The van der Waals surface area contributed by atoms with Crippen molar-refractivity contribution < 1.29 is 37.8 Å². The maximum absolute atomic E-state index is 10.5. The number of phosphoric ester groups is 2. The van der Waals surface area contributed by atoms with Crippen LogP contribution in [0.2, 0.25) is 0 Å². The third-order valence-electron chi connectivity index (χ3n) is 8.01. The Morgan fingerprint density at radius 1 is 0.318 bits per heavy atom. The molecule has 0 unspecified atom stereocenters. The van der Waals surface area contributed by atoms with Gasteiger partial charge in [-0.2, -0.15) is 0 Å². The van der Waals surface area contributed by atoms with Crippen molar-refractivity contribution >= 4 is 15.6 Å². The Morgan fingerprint density at radius 3 is 0.636 bits per heavy atom. The Labute approximate surface area is 272 Å². The van der Waals surface area contributed by atoms with E-state index >= 15 is 0 Å². The van der Waals surface area contributed by atoms with E-state index in [2.05, 4.69) is 22.9 Å². The number of rotatable bonds is 34. The van der Waals surface area contributed by atoms with Crippen molar-refractivity contribution in [2.45, 2.75) is 206 Å². The van der Waals surface area contributed by atoms with Crippen LogP contribution in [0.25, 0.3) is 0 Å². The fourth-order valence-corrected chi connectivity index (χ4v) is 6.05. The normalized spacial score (nSPS) is 12.0. The zero-order valence-corrected chi connectivity index (χ0v) is 30.7. The van der Waals surface area contributed by atoms with Gasteiger partial charge in [-0.3, -0.25) is 9.05 Å². The highest BCUT2D eigenvalue weighted by molar-refractivity contribution is 7.46. The van der Waals surface area contributed by atoms with Gasteiger partial charge in [0.1, 0.15) is 0 Å². The number of phosphoric acid groups is 2. The number of hydrogen-bond acceptors (Lipinski definition) is 4. The summed E-state index contributed by atoms with van der Waals surface area (Å²) in [5.74, 6) is 0. The van der Waals surface area contributed by atoms with E-state index in [0.29, 0.717) is 0 Å². The highest BCUT2D eigenvalue weighted by Gasteiger charge is 2.13. The molecule has 0 spiro atoms. The predicted octanol–water partition coefficient (Wildman–Crippen LogP) is 11.9. The summed E-state index contributed by atoms with van der Waals surface area (Å²) in [6.45, 7) is 4.86. The van der Waals surface area contributed by atoms with Crippen LogP contribution < -0.4 is 0 Å². The van der Waals surface area contributed by atoms with Gasteiger partial charge in [-0.15, -0.1) is 0 Å². The van der Waals surface area contributed by atoms with Gasteiger partial charge in [0.15, 0.2) is 0 Å². The minimum absolute atomic E-state index is 0.169. The first-order valence-electron chi connectivity index (χ1n) is 18.5. The molecule has 0 fully saturated rings. The molecule has 0 saturated carbocycles. The molecule has 0 bridgehead atoms. The van der Waals surface area contributed by atoms with Gasteiger partial charge in [0.25, 0.3) is 0 Å². The largest absolute Gasteiger partial charge is 0.469 e. The van der Waals surface area contributed by atoms with Gasteiger partial charge >= 0.3 is 15.6 Å². The fourth-order valence-electron chi connectivity index (χ4n) is 5.31. The molecule has 0 aliphatic rings. The van der Waals surface area contributed by atoms with E-state index in [4.69, 9.17) is 19.6 Å². The van der Waals surface area contributed by atoms with Gasteiger partial charge in [-0.05, 0) is 12.8 Å². The van der Waals surface area contributed by atoms with E-state index < -0.39 is 15.6 Å². The van der Waals surface area contributed by atoms with Crippen LogP contribution in [0.4, 0.5) is 0 Å². The first kappa shape index (κ1) is 46.3. The molecule has 44 heavy (non-hydrogen) atoms. The van der Waals surface area contributed by atoms with Crippen LogP contribution in [0.1, 0.15) is 206 Å². The maximum Gasteiger partial charge on any atom is 0.469 e. The molecule has 8 nitrogen and oxygen atoms in total. The molecule has 0 aromatic carbocycles. The third kappa shape index (κ3) is 49.1. The van der Waals surface area contributed by atoms with Gasteiger partial charge in [-0.1, -0.05) is 194 Å². The summed E-state index contributed by atoms with van der Waals surface area (Å²) in [5.41, 5.74) is 0. The van der Waals surface area contributed by atoms with Crippen molar-refractivity contribution in [3.8, 4) is 0 Å². The molecule has 0 radical (unpaired) electrons. The quantitative estimate of drug-likeness (QED) is 0.0392. The molecule has 0 rings (SSSR count). The fraction of sp³-hybridized carbons (Fsp3) is 1.00. The van der Waals surface area contributed by atoms with Crippen LogP contribution in [-0.4, -0.2) is 32.8 Å². The summed E-state index contributed by atoms with van der Waals surface area (Å²) in [6, 6.07) is 0. The highest BCUT2D eigenvalue weighted by atomic mass is 31.2. The van der Waals surface area contributed by atoms with Crippen molar-refractivity contribution in [3.63, 3.8) is 0 Å². The molecular weight excluding hydrogens is 598 g/mol. The molecule has 0 amide bonds. The minimum Gasteiger partial charge on any atom is -0.303 e. The topological polar surface area (TPSA) is 134 Å². The molecular formula is C34H74O8P2. The van der Waals surface area contributed by atoms with Gasteiger partial charge < -0.3 is 19.6 Å². The van der Waals surface area contributed by atoms with Crippen LogP contribution >= 0.6 is 15.6 Å². The van der Waals surface area contributed by atoms with E-state index in [1.165, 1.54) is 154 Å². The zero-order valence-electron chi connectivity index (χ0n) is 28.9. The van der Waals surface area contributed by atoms with Crippen LogP contribution in [0, 0.1) is 0 Å². The van der Waals surface area contributed by atoms with E-state index in [-0.39, 0.29) is 13.2 Å². The molecule has 0 saturated heterocycles. The summed E-state index contributed by atoms with van der Waals surface area (Å²) < 4.78 is 29.7. The molecule has 4 N–H and O–H groups in total. The molecule has 0 aromatic heterocycles. The van der Waals surface area contributed by atoms with Crippen molar-refractivity contribution in [2.24, 2.45) is 0 Å². The monoisotopic (exact) mass is 672 g/mol. The highest BCUT2D eigenvalue weighted by Crippen LogP contribution is 2.36. The standard InChI is InChI=1S/C18H39O4P.C16H35O4P/c1-2-3-4-5-6-7-8-9-10-11-12-13-14-15-16-17-18-22-23(19,20)21;1-2-3-4-5-6-7-8-9-10-11-12-13-14-15-16-20-21(17,18)19/h2-18H2,1H3,(H2,19,20,21);2-16H2,1H3,(H2,17,18,19). The second kappa shape index (κ2) is 36.1. The second-order valence-electron chi connectivity index (χ2n) is 12.5. The van der Waals surface area contributed by atoms with E-state index in [9.17, 15) is 9.13 Å². The van der Waals surface area contributed by atoms with Crippen molar-refractivity contribution in [2.75, 3.05) is 13.2 Å². The Morgan fingerprint density at radius 2 is 0.477 bits per heavy atom. The van der Waals surface area contributed by atoms with Gasteiger partial charge in [0.05, 0.1) is 13.2 Å². The summed E-state index contributed by atoms with van der Waals surface area (Å²) in [4.78, 5) is 34.1. The lowest BCUT2D eigenvalue weighted by molar-refractivity contribution is 0.191. The summed E-state index contributed by atoms with van der Waals surface area (Å²) in [7, 11) is -8.51. The zero-order chi connectivity index (χ0) is 33.0. The van der Waals surface area contributed by atoms with Crippen LogP contribution in [-0.2, 0) is 18.2 Å². The molecule has 0 atom stereocenters. The molecule has 10 heteroatoms. The van der Waals surface area contributed by atoms with Crippen LogP contribution in [0.5, 0.6) is 0 Å². The molecule has 0 aliphatic carbocycles. The Bertz CT molecular complexity index is 639. The van der Waals surface area contributed by atoms with E-state index in [1.807, 2.05) is 0 Å². The van der Waals surface area contributed by atoms with Crippen LogP contribution in [0.15, 0.2) is 0 Å². The van der Waals surface area contributed by atoms with Crippen molar-refractivity contribution in [1.29, 1.82) is 0 Å². The van der Waals surface area contributed by atoms with E-state index in [1.54, 1.807) is 0 Å². The number of unbranched alkanes of at least 4 members (excludes halogenated alkanes) is 28. The average molecular weight is 673 g/mol. The third-order valence-corrected chi connectivity index (χ3v) is 9.05. The van der Waals surface area contributed by atoms with Gasteiger partial charge in [0, 0.05) is 0 Å². The minimum atomic E-state index is -4.26. The lowest BCUT2D eigenvalue weighted by Crippen LogP contribution is -1.92. The molecule has 0 aliphatic heterocycles. The number of hydrogen-bond donors (Lipinski definition) is 4. The summed E-state index contributed by atoms with van der Waals surface area (Å²) >= 11 is 0. The molecule has 0 aromatic rings. The Balaban J connectivity index is 0. The summed E-state index contributed by atoms with van der Waals surface area (Å²) in [5, 5.41) is 0. The first-order valence-corrected chi connectivity index (χ1v) is 21.6. The smallest absolute Gasteiger partial charge is 0.303 e. The summed E-state index contributed by atoms with van der Waals surface area (Å²) in [6.07, 6.45) is 38.5. The lowest BCUT2D eigenvalue weighted by atomic mass is 10.0. The van der Waals surface area contributed by atoms with Crippen LogP contribution in [0.3, 0.4) is 0 Å². The molecule has 268 valence electrons. The maximum atomic E-state index is 10.5. The Hall–Kier alpha value is 0.220. The van der Waals surface area contributed by atoms with Crippen molar-refractivity contribution in [1.82, 2.24) is 0 Å². The first-order chi connectivity index (χ1) is 21.1. The average Bonchev–Trinajstić information content (AvgIpc) is 2.96. The van der Waals surface area contributed by atoms with Crippen molar-refractivity contribution in [3.05, 3.63) is 0 Å².